The standard InChI is InChI=1S/C18H27N3O2.ClH/c1-13-6-8-15(9-7-13)18(23)21-10-4-5-16(12-21)17(22)20(3)14(2)11-19;/h6-9,14,16H,4-5,10-12,19H2,1-3H3;1H. The topological polar surface area (TPSA) is 66.6 Å². The number of benzene rings is 1. The van der Waals surface area contributed by atoms with Gasteiger partial charge in [-0.15, -0.1) is 12.4 Å². The first-order valence-electron chi connectivity index (χ1n) is 8.26. The van der Waals surface area contributed by atoms with Crippen LogP contribution in [0.5, 0.6) is 0 Å². The number of nitrogens with two attached hydrogens (primary N) is 1. The molecule has 2 N–H and O–H groups in total. The van der Waals surface area contributed by atoms with Crippen LogP contribution in [0.25, 0.3) is 0 Å². The molecule has 2 amide bonds. The molecule has 0 aliphatic carbocycles. The number of hydrogen-bond acceptors (Lipinski definition) is 3. The van der Waals surface area contributed by atoms with Gasteiger partial charge in [0.2, 0.25) is 5.91 Å². The van der Waals surface area contributed by atoms with Gasteiger partial charge in [-0.05, 0) is 38.8 Å². The molecular weight excluding hydrogens is 326 g/mol. The number of halogens is 1. The molecule has 24 heavy (non-hydrogen) atoms. The highest BCUT2D eigenvalue weighted by Gasteiger charge is 2.31. The molecule has 6 heteroatoms. The van der Waals surface area contributed by atoms with Gasteiger partial charge in [-0.2, -0.15) is 0 Å². The first-order valence-corrected chi connectivity index (χ1v) is 8.26. The van der Waals surface area contributed by atoms with E-state index >= 15 is 0 Å². The molecule has 134 valence electrons. The lowest BCUT2D eigenvalue weighted by Crippen LogP contribution is -2.49. The van der Waals surface area contributed by atoms with Crippen molar-refractivity contribution in [3.63, 3.8) is 0 Å². The number of piperidine rings is 1. The number of hydrogen-bond donors (Lipinski definition) is 1. The second-order valence-corrected chi connectivity index (χ2v) is 6.49. The maximum atomic E-state index is 12.6. The largest absolute Gasteiger partial charge is 0.341 e. The van der Waals surface area contributed by atoms with Crippen molar-refractivity contribution in [1.82, 2.24) is 9.80 Å². The van der Waals surface area contributed by atoms with Gasteiger partial charge >= 0.3 is 0 Å². The van der Waals surface area contributed by atoms with Gasteiger partial charge in [0.05, 0.1) is 5.92 Å². The number of carbonyl (C=O) groups is 2. The van der Waals surface area contributed by atoms with Crippen LogP contribution in [0.15, 0.2) is 24.3 Å². The Morgan fingerprint density at radius 1 is 1.33 bits per heavy atom. The highest BCUT2D eigenvalue weighted by atomic mass is 35.5. The lowest BCUT2D eigenvalue weighted by Gasteiger charge is -2.35. The van der Waals surface area contributed by atoms with Crippen molar-refractivity contribution in [3.05, 3.63) is 35.4 Å². The van der Waals surface area contributed by atoms with Gasteiger partial charge in [-0.1, -0.05) is 17.7 Å². The Kier molecular flexibility index (Phi) is 7.70. The molecule has 1 aromatic carbocycles. The molecule has 5 nitrogen and oxygen atoms in total. The third-order valence-electron chi connectivity index (χ3n) is 4.71. The Balaban J connectivity index is 0.00000288. The summed E-state index contributed by atoms with van der Waals surface area (Å²) in [5, 5.41) is 0. The molecule has 1 aliphatic rings. The van der Waals surface area contributed by atoms with Crippen molar-refractivity contribution in [2.24, 2.45) is 11.7 Å². The molecule has 1 heterocycles. The molecule has 1 aromatic rings. The Morgan fingerprint density at radius 2 is 1.96 bits per heavy atom. The summed E-state index contributed by atoms with van der Waals surface area (Å²) in [6, 6.07) is 7.61. The van der Waals surface area contributed by atoms with Crippen LogP contribution in [0, 0.1) is 12.8 Å². The molecule has 1 fully saturated rings. The van der Waals surface area contributed by atoms with Crippen molar-refractivity contribution < 1.29 is 9.59 Å². The average molecular weight is 354 g/mol. The average Bonchev–Trinajstić information content (AvgIpc) is 2.59. The Hall–Kier alpha value is -1.59. The van der Waals surface area contributed by atoms with Crippen LogP contribution >= 0.6 is 12.4 Å². The molecule has 0 saturated carbocycles. The SMILES string of the molecule is Cc1ccc(C(=O)N2CCCC(C(=O)N(C)C(C)CN)C2)cc1.Cl. The Labute approximate surface area is 150 Å². The second kappa shape index (κ2) is 9.04. The van der Waals surface area contributed by atoms with E-state index in [1.165, 1.54) is 0 Å². The van der Waals surface area contributed by atoms with Crippen LogP contribution in [0.2, 0.25) is 0 Å². The quantitative estimate of drug-likeness (QED) is 0.901. The molecule has 2 rings (SSSR count). The monoisotopic (exact) mass is 353 g/mol. The zero-order valence-electron chi connectivity index (χ0n) is 14.7. The minimum atomic E-state index is -0.128. The van der Waals surface area contributed by atoms with E-state index in [0.717, 1.165) is 18.4 Å². The normalized spacial score (nSPS) is 18.5. The first kappa shape index (κ1) is 20.5. The van der Waals surface area contributed by atoms with Gasteiger partial charge < -0.3 is 15.5 Å². The molecule has 0 aromatic heterocycles. The number of carbonyl (C=O) groups excluding carboxylic acids is 2. The van der Waals surface area contributed by atoms with Crippen LogP contribution in [0.1, 0.15) is 35.7 Å². The van der Waals surface area contributed by atoms with Gasteiger partial charge in [-0.3, -0.25) is 9.59 Å². The fourth-order valence-electron chi connectivity index (χ4n) is 2.91. The van der Waals surface area contributed by atoms with Crippen LogP contribution < -0.4 is 5.73 Å². The number of aryl methyl sites for hydroxylation is 1. The zero-order chi connectivity index (χ0) is 17.0. The molecule has 1 aliphatic heterocycles. The molecule has 2 unspecified atom stereocenters. The van der Waals surface area contributed by atoms with E-state index in [4.69, 9.17) is 5.73 Å². The van der Waals surface area contributed by atoms with Crippen molar-refractivity contribution in [3.8, 4) is 0 Å². The summed E-state index contributed by atoms with van der Waals surface area (Å²) < 4.78 is 0. The van der Waals surface area contributed by atoms with Crippen LogP contribution in [-0.2, 0) is 4.79 Å². The summed E-state index contributed by atoms with van der Waals surface area (Å²) in [6.45, 7) is 5.59. The number of nitrogens with zero attached hydrogens (tertiary/aromatic N) is 2. The lowest BCUT2D eigenvalue weighted by atomic mass is 9.95. The molecule has 0 radical (unpaired) electrons. The predicted octanol–water partition coefficient (Wildman–Crippen LogP) is 2.07. The highest BCUT2D eigenvalue weighted by molar-refractivity contribution is 5.94. The third-order valence-corrected chi connectivity index (χ3v) is 4.71. The van der Waals surface area contributed by atoms with E-state index < -0.39 is 0 Å². The maximum absolute atomic E-state index is 12.6. The van der Waals surface area contributed by atoms with Crippen LogP contribution in [0.4, 0.5) is 0 Å². The highest BCUT2D eigenvalue weighted by Crippen LogP contribution is 2.21. The van der Waals surface area contributed by atoms with E-state index in [1.807, 2.05) is 38.1 Å². The third kappa shape index (κ3) is 4.71. The zero-order valence-corrected chi connectivity index (χ0v) is 15.5. The van der Waals surface area contributed by atoms with Crippen molar-refractivity contribution in [1.29, 1.82) is 0 Å². The fraction of sp³-hybridized carbons (Fsp3) is 0.556. The summed E-state index contributed by atoms with van der Waals surface area (Å²) in [5.41, 5.74) is 7.46. The molecule has 2 atom stereocenters. The van der Waals surface area contributed by atoms with Gasteiger partial charge in [0.25, 0.3) is 5.91 Å². The van der Waals surface area contributed by atoms with Crippen molar-refractivity contribution in [2.75, 3.05) is 26.7 Å². The molecule has 1 saturated heterocycles. The summed E-state index contributed by atoms with van der Waals surface area (Å²) in [5.74, 6) is -0.0291. The summed E-state index contributed by atoms with van der Waals surface area (Å²) in [4.78, 5) is 28.7. The van der Waals surface area contributed by atoms with Gasteiger partial charge in [-0.25, -0.2) is 0 Å². The minimum Gasteiger partial charge on any atom is -0.341 e. The molecule has 0 bridgehead atoms. The van der Waals surface area contributed by atoms with Gasteiger partial charge in [0.15, 0.2) is 0 Å². The van der Waals surface area contributed by atoms with E-state index in [1.54, 1.807) is 16.8 Å². The second-order valence-electron chi connectivity index (χ2n) is 6.49. The smallest absolute Gasteiger partial charge is 0.253 e. The first-order chi connectivity index (χ1) is 10.9. The van der Waals surface area contributed by atoms with E-state index in [9.17, 15) is 9.59 Å². The fourth-order valence-corrected chi connectivity index (χ4v) is 2.91. The molecule has 0 spiro atoms. The maximum Gasteiger partial charge on any atom is 0.253 e. The van der Waals surface area contributed by atoms with Gasteiger partial charge in [0, 0.05) is 38.3 Å². The number of likely N-dealkylation sites (N-methyl/N-ethyl adjacent to an activating group) is 1. The van der Waals surface area contributed by atoms with E-state index in [-0.39, 0.29) is 36.2 Å². The van der Waals surface area contributed by atoms with Crippen LogP contribution in [-0.4, -0.2) is 54.3 Å². The van der Waals surface area contributed by atoms with E-state index in [0.29, 0.717) is 25.2 Å². The number of likely N-dealkylation sites (tertiary alicyclic amines) is 1. The summed E-state index contributed by atoms with van der Waals surface area (Å²) >= 11 is 0. The predicted molar refractivity (Wildman–Crippen MR) is 98.3 cm³/mol. The number of rotatable bonds is 4. The van der Waals surface area contributed by atoms with Crippen LogP contribution in [0.3, 0.4) is 0 Å². The van der Waals surface area contributed by atoms with Crippen molar-refractivity contribution >= 4 is 24.2 Å². The summed E-state index contributed by atoms with van der Waals surface area (Å²) in [6.07, 6.45) is 1.69. The minimum absolute atomic E-state index is 0. The lowest BCUT2D eigenvalue weighted by molar-refractivity contribution is -0.137. The van der Waals surface area contributed by atoms with Crippen molar-refractivity contribution in [2.45, 2.75) is 32.7 Å². The molecular formula is C18H28ClN3O2. The van der Waals surface area contributed by atoms with Gasteiger partial charge in [0.1, 0.15) is 0 Å². The summed E-state index contributed by atoms with van der Waals surface area (Å²) in [7, 11) is 1.79. The Morgan fingerprint density at radius 3 is 2.54 bits per heavy atom. The number of amides is 2. The van der Waals surface area contributed by atoms with E-state index in [2.05, 4.69) is 0 Å². The Bertz CT molecular complexity index is 562.